The molecule has 1 rings (SSSR count). The van der Waals surface area contributed by atoms with Crippen LogP contribution >= 0.6 is 27.5 Å². The highest BCUT2D eigenvalue weighted by atomic mass is 79.9. The summed E-state index contributed by atoms with van der Waals surface area (Å²) >= 11 is 9.11. The maximum absolute atomic E-state index is 12.1. The molecule has 0 aliphatic heterocycles. The number of nitrogens with one attached hydrogen (secondary N) is 1. The molecule has 0 aromatic heterocycles. The average molecular weight is 349 g/mol. The van der Waals surface area contributed by atoms with Gasteiger partial charge in [-0.05, 0) is 31.0 Å². The summed E-state index contributed by atoms with van der Waals surface area (Å²) < 4.78 is 0.666. The van der Waals surface area contributed by atoms with E-state index in [1.807, 2.05) is 0 Å². The monoisotopic (exact) mass is 347 g/mol. The van der Waals surface area contributed by atoms with Crippen molar-refractivity contribution in [1.82, 2.24) is 5.32 Å². The third-order valence-corrected chi connectivity index (χ3v) is 3.77. The number of hydrogen-bond acceptors (Lipinski definition) is 2. The lowest BCUT2D eigenvalue weighted by molar-refractivity contribution is -0.144. The second kappa shape index (κ2) is 6.39. The summed E-state index contributed by atoms with van der Waals surface area (Å²) in [5.74, 6) is -1.48. The summed E-state index contributed by atoms with van der Waals surface area (Å²) in [7, 11) is 0. The first-order valence-electron chi connectivity index (χ1n) is 5.86. The first-order chi connectivity index (χ1) is 8.84. The van der Waals surface area contributed by atoms with Crippen LogP contribution < -0.4 is 5.32 Å². The molecule has 6 heteroatoms. The summed E-state index contributed by atoms with van der Waals surface area (Å²) in [6.07, 6.45) is 0.624. The van der Waals surface area contributed by atoms with Gasteiger partial charge in [0, 0.05) is 15.1 Å². The molecule has 0 fully saturated rings. The smallest absolute Gasteiger partial charge is 0.329 e. The van der Waals surface area contributed by atoms with E-state index in [-0.39, 0.29) is 0 Å². The van der Waals surface area contributed by atoms with Crippen LogP contribution in [0.1, 0.15) is 37.0 Å². The Morgan fingerprint density at radius 1 is 1.32 bits per heavy atom. The van der Waals surface area contributed by atoms with E-state index < -0.39 is 17.4 Å². The van der Waals surface area contributed by atoms with Crippen molar-refractivity contribution in [3.8, 4) is 0 Å². The van der Waals surface area contributed by atoms with Gasteiger partial charge in [-0.15, -0.1) is 0 Å². The number of amides is 1. The lowest BCUT2D eigenvalue weighted by atomic mass is 9.92. The molecule has 4 nitrogen and oxygen atoms in total. The van der Waals surface area contributed by atoms with E-state index in [4.69, 9.17) is 11.6 Å². The van der Waals surface area contributed by atoms with Crippen molar-refractivity contribution in [3.05, 3.63) is 33.3 Å². The zero-order valence-electron chi connectivity index (χ0n) is 10.7. The van der Waals surface area contributed by atoms with Crippen LogP contribution in [0.3, 0.4) is 0 Å². The number of carbonyl (C=O) groups excluding carboxylic acids is 1. The lowest BCUT2D eigenvalue weighted by Gasteiger charge is -2.28. The molecule has 0 atom stereocenters. The Bertz CT molecular complexity index is 480. The maximum Gasteiger partial charge on any atom is 0.329 e. The quantitative estimate of drug-likeness (QED) is 0.856. The Morgan fingerprint density at radius 3 is 2.32 bits per heavy atom. The molecule has 2 N–H and O–H groups in total. The van der Waals surface area contributed by atoms with Crippen molar-refractivity contribution in [2.24, 2.45) is 0 Å². The Labute approximate surface area is 125 Å². The Kier molecular flexibility index (Phi) is 5.38. The summed E-state index contributed by atoms with van der Waals surface area (Å²) in [5.41, 5.74) is -0.918. The Hall–Kier alpha value is -1.07. The highest BCUT2D eigenvalue weighted by Gasteiger charge is 2.36. The van der Waals surface area contributed by atoms with Gasteiger partial charge in [0.1, 0.15) is 5.54 Å². The molecule has 1 aromatic carbocycles. The number of halogens is 2. The molecule has 0 heterocycles. The van der Waals surface area contributed by atoms with Crippen LogP contribution in [0.25, 0.3) is 0 Å². The van der Waals surface area contributed by atoms with Crippen LogP contribution in [0.15, 0.2) is 22.7 Å². The SMILES string of the molecule is CCC(CC)(NC(=O)c1cc(Cl)cc(Br)c1)C(=O)O. The first-order valence-corrected chi connectivity index (χ1v) is 7.03. The van der Waals surface area contributed by atoms with Crippen molar-refractivity contribution in [3.63, 3.8) is 0 Å². The average Bonchev–Trinajstić information content (AvgIpc) is 2.34. The van der Waals surface area contributed by atoms with Crippen LogP contribution in [-0.4, -0.2) is 22.5 Å². The fraction of sp³-hybridized carbons (Fsp3) is 0.385. The molecule has 0 aliphatic rings. The number of carboxylic acids is 1. The third-order valence-electron chi connectivity index (χ3n) is 3.09. The number of benzene rings is 1. The number of carbonyl (C=O) groups is 2. The zero-order valence-corrected chi connectivity index (χ0v) is 13.0. The van der Waals surface area contributed by atoms with Gasteiger partial charge in [-0.1, -0.05) is 41.4 Å². The van der Waals surface area contributed by atoms with Gasteiger partial charge in [0.15, 0.2) is 0 Å². The highest BCUT2D eigenvalue weighted by molar-refractivity contribution is 9.10. The summed E-state index contributed by atoms with van der Waals surface area (Å²) in [4.78, 5) is 23.5. The fourth-order valence-electron chi connectivity index (χ4n) is 1.76. The minimum Gasteiger partial charge on any atom is -0.480 e. The Balaban J connectivity index is 3.03. The molecular weight excluding hydrogens is 334 g/mol. The highest BCUT2D eigenvalue weighted by Crippen LogP contribution is 2.21. The van der Waals surface area contributed by atoms with Crippen molar-refractivity contribution in [2.75, 3.05) is 0 Å². The van der Waals surface area contributed by atoms with Gasteiger partial charge < -0.3 is 10.4 Å². The van der Waals surface area contributed by atoms with E-state index in [1.165, 1.54) is 6.07 Å². The van der Waals surface area contributed by atoms with Crippen molar-refractivity contribution < 1.29 is 14.7 Å². The number of hydrogen-bond donors (Lipinski definition) is 2. The molecule has 0 aliphatic carbocycles. The van der Waals surface area contributed by atoms with Crippen molar-refractivity contribution in [2.45, 2.75) is 32.2 Å². The van der Waals surface area contributed by atoms with E-state index in [0.717, 1.165) is 0 Å². The van der Waals surface area contributed by atoms with Crippen LogP contribution in [-0.2, 0) is 4.79 Å². The van der Waals surface area contributed by atoms with E-state index in [1.54, 1.807) is 26.0 Å². The van der Waals surface area contributed by atoms with Crippen LogP contribution in [0, 0.1) is 0 Å². The molecule has 1 amide bonds. The normalized spacial score (nSPS) is 11.2. The summed E-state index contributed by atoms with van der Waals surface area (Å²) in [5, 5.41) is 12.3. The van der Waals surface area contributed by atoms with Gasteiger partial charge in [0.2, 0.25) is 0 Å². The van der Waals surface area contributed by atoms with E-state index >= 15 is 0 Å². The Morgan fingerprint density at radius 2 is 1.89 bits per heavy atom. The van der Waals surface area contributed by atoms with Gasteiger partial charge in [-0.25, -0.2) is 4.79 Å². The minimum absolute atomic E-state index is 0.312. The van der Waals surface area contributed by atoms with Crippen molar-refractivity contribution >= 4 is 39.4 Å². The van der Waals surface area contributed by atoms with Crippen LogP contribution in [0.2, 0.25) is 5.02 Å². The second-order valence-corrected chi connectivity index (χ2v) is 5.56. The minimum atomic E-state index is -1.24. The second-order valence-electron chi connectivity index (χ2n) is 4.21. The van der Waals surface area contributed by atoms with Gasteiger partial charge in [0.05, 0.1) is 0 Å². The zero-order chi connectivity index (χ0) is 14.6. The number of aliphatic carboxylic acids is 1. The van der Waals surface area contributed by atoms with Gasteiger partial charge in [-0.2, -0.15) is 0 Å². The topological polar surface area (TPSA) is 66.4 Å². The maximum atomic E-state index is 12.1. The standard InChI is InChI=1S/C13H15BrClNO3/c1-3-13(4-2,12(18)19)16-11(17)8-5-9(14)7-10(15)6-8/h5-7H,3-4H2,1-2H3,(H,16,17)(H,18,19). The van der Waals surface area contributed by atoms with Crippen molar-refractivity contribution in [1.29, 1.82) is 0 Å². The largest absolute Gasteiger partial charge is 0.480 e. The summed E-state index contributed by atoms with van der Waals surface area (Å²) in [6, 6.07) is 4.75. The first kappa shape index (κ1) is 16.0. The van der Waals surface area contributed by atoms with Gasteiger partial charge >= 0.3 is 5.97 Å². The third kappa shape index (κ3) is 3.70. The van der Waals surface area contributed by atoms with E-state index in [0.29, 0.717) is 27.9 Å². The molecule has 0 unspecified atom stereocenters. The molecule has 0 saturated carbocycles. The fourth-order valence-corrected chi connectivity index (χ4v) is 2.62. The van der Waals surface area contributed by atoms with Crippen LogP contribution in [0.5, 0.6) is 0 Å². The van der Waals surface area contributed by atoms with Gasteiger partial charge in [-0.3, -0.25) is 4.79 Å². The molecule has 1 aromatic rings. The lowest BCUT2D eigenvalue weighted by Crippen LogP contribution is -2.53. The van der Waals surface area contributed by atoms with Crippen LogP contribution in [0.4, 0.5) is 0 Å². The molecular formula is C13H15BrClNO3. The number of carboxylic acid groups (broad SMARTS) is 1. The molecule has 0 bridgehead atoms. The molecule has 104 valence electrons. The molecule has 0 spiro atoms. The predicted molar refractivity (Wildman–Crippen MR) is 77.6 cm³/mol. The molecule has 0 radical (unpaired) electrons. The summed E-state index contributed by atoms with van der Waals surface area (Å²) in [6.45, 7) is 3.46. The van der Waals surface area contributed by atoms with Gasteiger partial charge in [0.25, 0.3) is 5.91 Å². The number of rotatable bonds is 5. The van der Waals surface area contributed by atoms with E-state index in [9.17, 15) is 14.7 Å². The molecule has 0 saturated heterocycles. The van der Waals surface area contributed by atoms with E-state index in [2.05, 4.69) is 21.2 Å². The molecule has 19 heavy (non-hydrogen) atoms. The predicted octanol–water partition coefficient (Wildman–Crippen LogP) is 3.48.